The molecule has 0 saturated heterocycles. The summed E-state index contributed by atoms with van der Waals surface area (Å²) in [5.74, 6) is -0.198. The summed E-state index contributed by atoms with van der Waals surface area (Å²) < 4.78 is 0.786. The van der Waals surface area contributed by atoms with E-state index >= 15 is 0 Å². The van der Waals surface area contributed by atoms with E-state index in [-0.39, 0.29) is 12.5 Å². The molecule has 2 aromatic carbocycles. The van der Waals surface area contributed by atoms with Crippen molar-refractivity contribution in [2.45, 2.75) is 13.5 Å². The Morgan fingerprint density at radius 3 is 2.68 bits per heavy atom. The Hall–Kier alpha value is -1.65. The van der Waals surface area contributed by atoms with E-state index in [1.54, 1.807) is 18.2 Å². The van der Waals surface area contributed by atoms with Gasteiger partial charge in [-0.1, -0.05) is 30.3 Å². The molecule has 2 N–H and O–H groups in total. The number of nitrogens with one attached hydrogen (secondary N) is 1. The van der Waals surface area contributed by atoms with Crippen LogP contribution in [0.15, 0.2) is 46.9 Å². The molecule has 0 unspecified atom stereocenters. The lowest BCUT2D eigenvalue weighted by Crippen LogP contribution is -2.14. The van der Waals surface area contributed by atoms with E-state index in [1.807, 2.05) is 31.2 Å². The van der Waals surface area contributed by atoms with Crippen molar-refractivity contribution in [3.05, 3.63) is 63.6 Å². The van der Waals surface area contributed by atoms with E-state index in [9.17, 15) is 9.90 Å². The summed E-state index contributed by atoms with van der Waals surface area (Å²) in [6, 6.07) is 12.7. The summed E-state index contributed by atoms with van der Waals surface area (Å²) in [5, 5.41) is 12.1. The molecule has 19 heavy (non-hydrogen) atoms. The van der Waals surface area contributed by atoms with Crippen LogP contribution < -0.4 is 5.32 Å². The number of hydrogen-bond donors (Lipinski definition) is 2. The van der Waals surface area contributed by atoms with Crippen molar-refractivity contribution >= 4 is 27.5 Å². The average molecular weight is 320 g/mol. The van der Waals surface area contributed by atoms with Crippen molar-refractivity contribution in [2.75, 3.05) is 5.32 Å². The fourth-order valence-corrected chi connectivity index (χ4v) is 2.24. The second kappa shape index (κ2) is 5.99. The van der Waals surface area contributed by atoms with Gasteiger partial charge in [0.2, 0.25) is 0 Å². The van der Waals surface area contributed by atoms with E-state index in [4.69, 9.17) is 0 Å². The number of benzene rings is 2. The Morgan fingerprint density at radius 2 is 1.95 bits per heavy atom. The van der Waals surface area contributed by atoms with E-state index in [1.165, 1.54) is 0 Å². The van der Waals surface area contributed by atoms with Gasteiger partial charge in [-0.15, -0.1) is 0 Å². The molecule has 0 atom stereocenters. The van der Waals surface area contributed by atoms with Crippen molar-refractivity contribution in [1.29, 1.82) is 0 Å². The van der Waals surface area contributed by atoms with Gasteiger partial charge in [-0.25, -0.2) is 0 Å². The minimum atomic E-state index is -0.198. The topological polar surface area (TPSA) is 49.3 Å². The zero-order chi connectivity index (χ0) is 13.8. The maximum atomic E-state index is 12.2. The number of amides is 1. The lowest BCUT2D eigenvalue weighted by molar-refractivity contribution is 0.102. The summed E-state index contributed by atoms with van der Waals surface area (Å²) in [7, 11) is 0. The van der Waals surface area contributed by atoms with E-state index in [2.05, 4.69) is 21.2 Å². The second-order valence-corrected chi connectivity index (χ2v) is 5.00. The van der Waals surface area contributed by atoms with Gasteiger partial charge in [0.1, 0.15) is 0 Å². The predicted molar refractivity (Wildman–Crippen MR) is 79.2 cm³/mol. The van der Waals surface area contributed by atoms with Crippen LogP contribution in [0.2, 0.25) is 0 Å². The molecule has 2 rings (SSSR count). The molecule has 0 fully saturated rings. The highest BCUT2D eigenvalue weighted by Gasteiger charge is 2.12. The highest BCUT2D eigenvalue weighted by molar-refractivity contribution is 9.10. The Labute approximate surface area is 120 Å². The van der Waals surface area contributed by atoms with Crippen LogP contribution in [0.3, 0.4) is 0 Å². The second-order valence-electron chi connectivity index (χ2n) is 4.21. The van der Waals surface area contributed by atoms with Crippen LogP contribution in [0, 0.1) is 6.92 Å². The Balaban J connectivity index is 2.28. The number of anilines is 1. The SMILES string of the molecule is Cc1cccc(C(=O)Nc2ccccc2CO)c1Br. The predicted octanol–water partition coefficient (Wildman–Crippen LogP) is 3.50. The van der Waals surface area contributed by atoms with Gasteiger partial charge in [0.05, 0.1) is 12.2 Å². The molecular weight excluding hydrogens is 306 g/mol. The molecule has 0 spiro atoms. The van der Waals surface area contributed by atoms with Crippen molar-refractivity contribution in [3.63, 3.8) is 0 Å². The maximum Gasteiger partial charge on any atom is 0.256 e. The van der Waals surface area contributed by atoms with Gasteiger partial charge in [-0.3, -0.25) is 4.79 Å². The number of aryl methyl sites for hydroxylation is 1. The monoisotopic (exact) mass is 319 g/mol. The summed E-state index contributed by atoms with van der Waals surface area (Å²) in [5.41, 5.74) is 2.90. The molecule has 98 valence electrons. The fourth-order valence-electron chi connectivity index (χ4n) is 1.79. The summed E-state index contributed by atoms with van der Waals surface area (Å²) >= 11 is 3.42. The third-order valence-corrected chi connectivity index (χ3v) is 3.92. The van der Waals surface area contributed by atoms with Gasteiger partial charge in [0.25, 0.3) is 5.91 Å². The quantitative estimate of drug-likeness (QED) is 0.909. The van der Waals surface area contributed by atoms with Gasteiger partial charge < -0.3 is 10.4 Å². The van der Waals surface area contributed by atoms with Crippen molar-refractivity contribution in [1.82, 2.24) is 0 Å². The van der Waals surface area contributed by atoms with Gasteiger partial charge in [0.15, 0.2) is 0 Å². The van der Waals surface area contributed by atoms with Crippen LogP contribution in [0.25, 0.3) is 0 Å². The number of aliphatic hydroxyl groups excluding tert-OH is 1. The first kappa shape index (κ1) is 13.8. The summed E-state index contributed by atoms with van der Waals surface area (Å²) in [6.07, 6.45) is 0. The van der Waals surface area contributed by atoms with Crippen LogP contribution in [-0.4, -0.2) is 11.0 Å². The van der Waals surface area contributed by atoms with Gasteiger partial charge in [0, 0.05) is 15.7 Å². The molecule has 0 aliphatic carbocycles. The highest BCUT2D eigenvalue weighted by atomic mass is 79.9. The van der Waals surface area contributed by atoms with Gasteiger partial charge in [-0.2, -0.15) is 0 Å². The standard InChI is InChI=1S/C15H14BrNO2/c1-10-5-4-7-12(14(10)16)15(19)17-13-8-3-2-6-11(13)9-18/h2-8,18H,9H2,1H3,(H,17,19). The molecule has 0 aromatic heterocycles. The zero-order valence-electron chi connectivity index (χ0n) is 10.5. The smallest absolute Gasteiger partial charge is 0.256 e. The molecule has 0 heterocycles. The van der Waals surface area contributed by atoms with Crippen LogP contribution in [0.5, 0.6) is 0 Å². The molecule has 0 aliphatic heterocycles. The van der Waals surface area contributed by atoms with E-state index in [0.29, 0.717) is 16.8 Å². The van der Waals surface area contributed by atoms with Crippen LogP contribution in [0.1, 0.15) is 21.5 Å². The van der Waals surface area contributed by atoms with Crippen LogP contribution in [-0.2, 0) is 6.61 Å². The Bertz CT molecular complexity index is 611. The normalized spacial score (nSPS) is 10.3. The van der Waals surface area contributed by atoms with Gasteiger partial charge in [-0.05, 0) is 40.5 Å². The lowest BCUT2D eigenvalue weighted by Gasteiger charge is -2.11. The number of aliphatic hydroxyl groups is 1. The minimum Gasteiger partial charge on any atom is -0.392 e. The minimum absolute atomic E-state index is 0.106. The third-order valence-electron chi connectivity index (χ3n) is 2.87. The zero-order valence-corrected chi connectivity index (χ0v) is 12.1. The van der Waals surface area contributed by atoms with Crippen molar-refractivity contribution in [2.24, 2.45) is 0 Å². The number of hydrogen-bond acceptors (Lipinski definition) is 2. The lowest BCUT2D eigenvalue weighted by atomic mass is 10.1. The van der Waals surface area contributed by atoms with E-state index < -0.39 is 0 Å². The molecule has 3 nitrogen and oxygen atoms in total. The molecule has 4 heteroatoms. The van der Waals surface area contributed by atoms with Crippen LogP contribution >= 0.6 is 15.9 Å². The summed E-state index contributed by atoms with van der Waals surface area (Å²) in [4.78, 5) is 12.2. The number of carbonyl (C=O) groups is 1. The first-order valence-corrected chi connectivity index (χ1v) is 6.68. The van der Waals surface area contributed by atoms with Crippen molar-refractivity contribution in [3.8, 4) is 0 Å². The van der Waals surface area contributed by atoms with E-state index in [0.717, 1.165) is 10.0 Å². The number of para-hydroxylation sites is 1. The first-order valence-electron chi connectivity index (χ1n) is 5.88. The third kappa shape index (κ3) is 3.03. The molecule has 2 aromatic rings. The Morgan fingerprint density at radius 1 is 1.21 bits per heavy atom. The fraction of sp³-hybridized carbons (Fsp3) is 0.133. The summed E-state index contributed by atoms with van der Waals surface area (Å²) in [6.45, 7) is 1.83. The first-order chi connectivity index (χ1) is 9.13. The molecule has 0 radical (unpaired) electrons. The van der Waals surface area contributed by atoms with Crippen molar-refractivity contribution < 1.29 is 9.90 Å². The Kier molecular flexibility index (Phi) is 4.35. The molecule has 0 aliphatic rings. The molecule has 0 saturated carbocycles. The number of halogens is 1. The number of rotatable bonds is 3. The molecule has 0 bridgehead atoms. The molecular formula is C15H14BrNO2. The largest absolute Gasteiger partial charge is 0.392 e. The van der Waals surface area contributed by atoms with Crippen LogP contribution in [0.4, 0.5) is 5.69 Å². The maximum absolute atomic E-state index is 12.2. The van der Waals surface area contributed by atoms with Gasteiger partial charge >= 0.3 is 0 Å². The number of carbonyl (C=O) groups excluding carboxylic acids is 1. The molecule has 1 amide bonds. The highest BCUT2D eigenvalue weighted by Crippen LogP contribution is 2.23. The average Bonchev–Trinajstić information content (AvgIpc) is 2.42.